The van der Waals surface area contributed by atoms with Crippen molar-refractivity contribution in [1.29, 1.82) is 0 Å². The number of amides is 1. The highest BCUT2D eigenvalue weighted by atomic mass is 35.5. The number of anilines is 1. The molecule has 5 heteroatoms. The van der Waals surface area contributed by atoms with Crippen molar-refractivity contribution in [3.05, 3.63) is 58.2 Å². The summed E-state index contributed by atoms with van der Waals surface area (Å²) >= 11 is 6.03. The molecule has 0 saturated carbocycles. The van der Waals surface area contributed by atoms with E-state index >= 15 is 0 Å². The summed E-state index contributed by atoms with van der Waals surface area (Å²) in [6.45, 7) is 2.59. The number of carbonyl (C=O) groups excluding carboxylic acids is 1. The van der Waals surface area contributed by atoms with Crippen LogP contribution in [0, 0.1) is 0 Å². The van der Waals surface area contributed by atoms with Crippen LogP contribution in [0.4, 0.5) is 5.82 Å². The van der Waals surface area contributed by atoms with Gasteiger partial charge in [-0.25, -0.2) is 4.98 Å². The lowest BCUT2D eigenvalue weighted by atomic mass is 10.1. The van der Waals surface area contributed by atoms with Gasteiger partial charge >= 0.3 is 0 Å². The predicted octanol–water partition coefficient (Wildman–Crippen LogP) is 3.27. The van der Waals surface area contributed by atoms with Gasteiger partial charge in [0.05, 0.1) is 10.6 Å². The summed E-state index contributed by atoms with van der Waals surface area (Å²) in [6, 6.07) is 9.68. The van der Waals surface area contributed by atoms with Crippen LogP contribution < -0.4 is 10.6 Å². The Bertz CT molecular complexity index is 643. The number of pyridine rings is 1. The molecule has 2 N–H and O–H groups in total. The quantitative estimate of drug-likeness (QED) is 0.891. The molecule has 1 amide bonds. The number of carbonyl (C=O) groups is 1. The number of nitrogens with zero attached hydrogens (tertiary/aromatic N) is 1. The molecule has 0 radical (unpaired) electrons. The molecule has 1 heterocycles. The van der Waals surface area contributed by atoms with Crippen LogP contribution in [0.15, 0.2) is 36.5 Å². The molecule has 2 rings (SSSR count). The fraction of sp³-hybridized carbons (Fsp3) is 0.250. The van der Waals surface area contributed by atoms with Crippen molar-refractivity contribution in [3.63, 3.8) is 0 Å². The summed E-state index contributed by atoms with van der Waals surface area (Å²) in [4.78, 5) is 16.2. The molecule has 110 valence electrons. The summed E-state index contributed by atoms with van der Waals surface area (Å²) in [5.74, 6) is 0.377. The number of rotatable bonds is 5. The van der Waals surface area contributed by atoms with Crippen LogP contribution >= 0.6 is 11.6 Å². The fourth-order valence-corrected chi connectivity index (χ4v) is 2.36. The van der Waals surface area contributed by atoms with Crippen molar-refractivity contribution in [3.8, 4) is 0 Å². The van der Waals surface area contributed by atoms with E-state index < -0.39 is 0 Å². The third-order valence-electron chi connectivity index (χ3n) is 3.28. The van der Waals surface area contributed by atoms with Gasteiger partial charge in [-0.1, -0.05) is 42.8 Å². The minimum Gasteiger partial charge on any atom is -0.372 e. The van der Waals surface area contributed by atoms with E-state index in [0.717, 1.165) is 12.0 Å². The van der Waals surface area contributed by atoms with E-state index in [-0.39, 0.29) is 5.91 Å². The number of benzene rings is 1. The summed E-state index contributed by atoms with van der Waals surface area (Å²) in [6.07, 6.45) is 2.45. The van der Waals surface area contributed by atoms with Gasteiger partial charge in [0.15, 0.2) is 0 Å². The van der Waals surface area contributed by atoms with Gasteiger partial charge in [0.25, 0.3) is 5.91 Å². The standard InChI is InChI=1S/C16H18ClN3O/c1-3-11-6-4-5-7-12(11)9-20-16(21)13-8-14(17)15(18-2)19-10-13/h4-8,10H,3,9H2,1-2H3,(H,18,19)(H,20,21). The van der Waals surface area contributed by atoms with Crippen molar-refractivity contribution in [2.24, 2.45) is 0 Å². The maximum Gasteiger partial charge on any atom is 0.253 e. The molecular formula is C16H18ClN3O. The SMILES string of the molecule is CCc1ccccc1CNC(=O)c1cnc(NC)c(Cl)c1. The van der Waals surface area contributed by atoms with Crippen LogP contribution in [-0.2, 0) is 13.0 Å². The maximum absolute atomic E-state index is 12.1. The maximum atomic E-state index is 12.1. The summed E-state index contributed by atoms with van der Waals surface area (Å²) in [5, 5.41) is 6.19. The van der Waals surface area contributed by atoms with Crippen molar-refractivity contribution < 1.29 is 4.79 Å². The Morgan fingerprint density at radius 1 is 1.29 bits per heavy atom. The second-order valence-corrected chi connectivity index (χ2v) is 5.02. The normalized spacial score (nSPS) is 10.2. The van der Waals surface area contributed by atoms with E-state index in [1.165, 1.54) is 11.8 Å². The number of nitrogens with one attached hydrogen (secondary N) is 2. The van der Waals surface area contributed by atoms with Gasteiger partial charge in [-0.05, 0) is 23.6 Å². The molecular weight excluding hydrogens is 286 g/mol. The molecule has 21 heavy (non-hydrogen) atoms. The highest BCUT2D eigenvalue weighted by Gasteiger charge is 2.10. The van der Waals surface area contributed by atoms with E-state index in [9.17, 15) is 4.79 Å². The van der Waals surface area contributed by atoms with Crippen LogP contribution in [0.1, 0.15) is 28.4 Å². The first-order valence-electron chi connectivity index (χ1n) is 6.84. The Morgan fingerprint density at radius 3 is 2.62 bits per heavy atom. The van der Waals surface area contributed by atoms with E-state index in [0.29, 0.717) is 22.9 Å². The van der Waals surface area contributed by atoms with Gasteiger partial charge in [-0.3, -0.25) is 4.79 Å². The molecule has 1 aromatic carbocycles. The van der Waals surface area contributed by atoms with Gasteiger partial charge in [-0.15, -0.1) is 0 Å². The third kappa shape index (κ3) is 3.73. The van der Waals surface area contributed by atoms with Gasteiger partial charge in [0.2, 0.25) is 0 Å². The number of halogens is 1. The van der Waals surface area contributed by atoms with E-state index in [4.69, 9.17) is 11.6 Å². The third-order valence-corrected chi connectivity index (χ3v) is 3.57. The molecule has 0 unspecified atom stereocenters. The zero-order valence-electron chi connectivity index (χ0n) is 12.1. The average Bonchev–Trinajstić information content (AvgIpc) is 2.52. The first kappa shape index (κ1) is 15.3. The Morgan fingerprint density at radius 2 is 2.00 bits per heavy atom. The largest absolute Gasteiger partial charge is 0.372 e. The molecule has 0 aliphatic rings. The van der Waals surface area contributed by atoms with E-state index in [1.54, 1.807) is 13.1 Å². The van der Waals surface area contributed by atoms with Crippen LogP contribution in [-0.4, -0.2) is 17.9 Å². The summed E-state index contributed by atoms with van der Waals surface area (Å²) in [5.41, 5.74) is 2.81. The molecule has 1 aromatic heterocycles. The van der Waals surface area contributed by atoms with Crippen molar-refractivity contribution >= 4 is 23.3 Å². The van der Waals surface area contributed by atoms with Crippen molar-refractivity contribution in [2.75, 3.05) is 12.4 Å². The number of hydrogen-bond acceptors (Lipinski definition) is 3. The Balaban J connectivity index is 2.06. The van der Waals surface area contributed by atoms with Gasteiger partial charge < -0.3 is 10.6 Å². The molecule has 0 bridgehead atoms. The topological polar surface area (TPSA) is 54.0 Å². The first-order chi connectivity index (χ1) is 10.2. The summed E-state index contributed by atoms with van der Waals surface area (Å²) in [7, 11) is 1.73. The molecule has 0 fully saturated rings. The van der Waals surface area contributed by atoms with Crippen LogP contribution in [0.5, 0.6) is 0 Å². The molecule has 0 spiro atoms. The Hall–Kier alpha value is -2.07. The molecule has 2 aromatic rings. The second kappa shape index (κ2) is 7.09. The monoisotopic (exact) mass is 303 g/mol. The second-order valence-electron chi connectivity index (χ2n) is 4.61. The number of aromatic nitrogens is 1. The van der Waals surface area contributed by atoms with Gasteiger partial charge in [-0.2, -0.15) is 0 Å². The first-order valence-corrected chi connectivity index (χ1v) is 7.21. The Kier molecular flexibility index (Phi) is 5.17. The van der Waals surface area contributed by atoms with Crippen molar-refractivity contribution in [2.45, 2.75) is 19.9 Å². The lowest BCUT2D eigenvalue weighted by molar-refractivity contribution is 0.0950. The van der Waals surface area contributed by atoms with Crippen LogP contribution in [0.25, 0.3) is 0 Å². The van der Waals surface area contributed by atoms with Crippen molar-refractivity contribution in [1.82, 2.24) is 10.3 Å². The molecule has 0 aliphatic heterocycles. The van der Waals surface area contributed by atoms with Crippen LogP contribution in [0.3, 0.4) is 0 Å². The lowest BCUT2D eigenvalue weighted by Crippen LogP contribution is -2.23. The number of hydrogen-bond donors (Lipinski definition) is 2. The molecule has 0 aliphatic carbocycles. The molecule has 4 nitrogen and oxygen atoms in total. The van der Waals surface area contributed by atoms with Gasteiger partial charge in [0.1, 0.15) is 5.82 Å². The lowest BCUT2D eigenvalue weighted by Gasteiger charge is -2.10. The molecule has 0 saturated heterocycles. The van der Waals surface area contributed by atoms with E-state index in [1.807, 2.05) is 18.2 Å². The smallest absolute Gasteiger partial charge is 0.253 e. The number of aryl methyl sites for hydroxylation is 1. The fourth-order valence-electron chi connectivity index (χ4n) is 2.10. The predicted molar refractivity (Wildman–Crippen MR) is 85.8 cm³/mol. The minimum absolute atomic E-state index is 0.182. The minimum atomic E-state index is -0.182. The zero-order chi connectivity index (χ0) is 15.2. The zero-order valence-corrected chi connectivity index (χ0v) is 12.9. The van der Waals surface area contributed by atoms with Crippen LogP contribution in [0.2, 0.25) is 5.02 Å². The highest BCUT2D eigenvalue weighted by Crippen LogP contribution is 2.19. The average molecular weight is 304 g/mol. The van der Waals surface area contributed by atoms with Gasteiger partial charge in [0, 0.05) is 19.8 Å². The summed E-state index contributed by atoms with van der Waals surface area (Å²) < 4.78 is 0. The van der Waals surface area contributed by atoms with E-state index in [2.05, 4.69) is 28.6 Å². The highest BCUT2D eigenvalue weighted by molar-refractivity contribution is 6.33. The molecule has 0 atom stereocenters. The Labute approximate surface area is 129 Å².